The number of carbonyl (C=O) groups is 2. The first kappa shape index (κ1) is 26.1. The molecule has 0 N–H and O–H groups in total. The summed E-state index contributed by atoms with van der Waals surface area (Å²) in [7, 11) is 1.59. The molecule has 208 valence electrons. The van der Waals surface area contributed by atoms with Gasteiger partial charge in [-0.2, -0.15) is 0 Å². The van der Waals surface area contributed by atoms with E-state index in [0.717, 1.165) is 42.3 Å². The molecular weight excluding hydrogens is 513 g/mol. The monoisotopic (exact) mass is 545 g/mol. The molecule has 3 heterocycles. The number of piperidine rings is 1. The number of nitrogens with zero attached hydrogens (tertiary/aromatic N) is 3. The second-order valence-electron chi connectivity index (χ2n) is 10.4. The highest BCUT2D eigenvalue weighted by Crippen LogP contribution is 2.41. The van der Waals surface area contributed by atoms with Gasteiger partial charge in [-0.1, -0.05) is 18.2 Å². The molecule has 3 aliphatic rings. The summed E-state index contributed by atoms with van der Waals surface area (Å²) in [6.45, 7) is 3.71. The SMILES string of the molecule is COc1ccc(N2C(=O)CCC(C(=O)N3CCN(Cc4ccc5c(c4)OCO5)CC3)C2c2ccc(F)cc2)cc1. The molecule has 2 amide bonds. The molecule has 2 fully saturated rings. The number of rotatable bonds is 6. The third kappa shape index (κ3) is 5.21. The van der Waals surface area contributed by atoms with Crippen molar-refractivity contribution in [3.8, 4) is 17.2 Å². The van der Waals surface area contributed by atoms with E-state index in [4.69, 9.17) is 14.2 Å². The maximum Gasteiger partial charge on any atom is 0.231 e. The summed E-state index contributed by atoms with van der Waals surface area (Å²) in [5, 5.41) is 0. The summed E-state index contributed by atoms with van der Waals surface area (Å²) in [5.41, 5.74) is 2.57. The highest BCUT2D eigenvalue weighted by Gasteiger charge is 2.43. The van der Waals surface area contributed by atoms with E-state index in [1.54, 1.807) is 36.3 Å². The third-order valence-corrected chi connectivity index (χ3v) is 8.00. The van der Waals surface area contributed by atoms with Gasteiger partial charge in [-0.05, 0) is 66.1 Å². The Morgan fingerprint density at radius 2 is 1.68 bits per heavy atom. The van der Waals surface area contributed by atoms with Gasteiger partial charge in [0, 0.05) is 44.8 Å². The molecule has 0 aromatic heterocycles. The minimum atomic E-state index is -0.533. The Balaban J connectivity index is 1.19. The lowest BCUT2D eigenvalue weighted by Gasteiger charge is -2.44. The van der Waals surface area contributed by atoms with Gasteiger partial charge in [0.1, 0.15) is 11.6 Å². The number of amides is 2. The first-order valence-electron chi connectivity index (χ1n) is 13.6. The van der Waals surface area contributed by atoms with Crippen LogP contribution >= 0.6 is 0 Å². The highest BCUT2D eigenvalue weighted by molar-refractivity contribution is 5.97. The van der Waals surface area contributed by atoms with Crippen LogP contribution in [0.4, 0.5) is 10.1 Å². The highest BCUT2D eigenvalue weighted by atomic mass is 19.1. The predicted octanol–water partition coefficient (Wildman–Crippen LogP) is 4.39. The number of ether oxygens (including phenoxy) is 3. The van der Waals surface area contributed by atoms with E-state index >= 15 is 0 Å². The summed E-state index contributed by atoms with van der Waals surface area (Å²) in [5.74, 6) is 1.39. The Morgan fingerprint density at radius 1 is 0.950 bits per heavy atom. The molecule has 0 aliphatic carbocycles. The Hall–Kier alpha value is -4.11. The fraction of sp³-hybridized carbons (Fsp3) is 0.355. The molecule has 9 heteroatoms. The zero-order chi connectivity index (χ0) is 27.6. The van der Waals surface area contributed by atoms with E-state index in [-0.39, 0.29) is 30.8 Å². The van der Waals surface area contributed by atoms with Crippen molar-refractivity contribution in [3.63, 3.8) is 0 Å². The number of piperazine rings is 1. The van der Waals surface area contributed by atoms with E-state index in [1.807, 2.05) is 35.2 Å². The normalized spacial score (nSPS) is 21.0. The summed E-state index contributed by atoms with van der Waals surface area (Å²) in [6, 6.07) is 18.9. The van der Waals surface area contributed by atoms with Gasteiger partial charge in [0.15, 0.2) is 11.5 Å². The van der Waals surface area contributed by atoms with Gasteiger partial charge in [-0.3, -0.25) is 14.5 Å². The van der Waals surface area contributed by atoms with E-state index in [2.05, 4.69) is 4.90 Å². The fourth-order valence-corrected chi connectivity index (χ4v) is 5.90. The number of halogens is 1. The van der Waals surface area contributed by atoms with Crippen molar-refractivity contribution < 1.29 is 28.2 Å². The Morgan fingerprint density at radius 3 is 2.40 bits per heavy atom. The average Bonchev–Trinajstić information content (AvgIpc) is 3.46. The Kier molecular flexibility index (Phi) is 7.30. The van der Waals surface area contributed by atoms with Crippen molar-refractivity contribution in [2.24, 2.45) is 5.92 Å². The first-order chi connectivity index (χ1) is 19.5. The predicted molar refractivity (Wildman–Crippen MR) is 147 cm³/mol. The first-order valence-corrected chi connectivity index (χ1v) is 13.6. The van der Waals surface area contributed by atoms with Crippen LogP contribution in [0.5, 0.6) is 17.2 Å². The summed E-state index contributed by atoms with van der Waals surface area (Å²) < 4.78 is 30.1. The Labute approximate surface area is 232 Å². The van der Waals surface area contributed by atoms with E-state index < -0.39 is 12.0 Å². The third-order valence-electron chi connectivity index (χ3n) is 8.00. The summed E-state index contributed by atoms with van der Waals surface area (Å²) >= 11 is 0. The molecular formula is C31H32FN3O5. The molecule has 40 heavy (non-hydrogen) atoms. The van der Waals surface area contributed by atoms with Gasteiger partial charge in [-0.25, -0.2) is 4.39 Å². The van der Waals surface area contributed by atoms with E-state index in [1.165, 1.54) is 12.1 Å². The molecule has 2 atom stereocenters. The van der Waals surface area contributed by atoms with E-state index in [0.29, 0.717) is 30.9 Å². The molecule has 2 saturated heterocycles. The smallest absolute Gasteiger partial charge is 0.231 e. The summed E-state index contributed by atoms with van der Waals surface area (Å²) in [4.78, 5) is 33.3. The lowest BCUT2D eigenvalue weighted by Crippen LogP contribution is -2.54. The van der Waals surface area contributed by atoms with Crippen molar-refractivity contribution in [1.29, 1.82) is 0 Å². The van der Waals surface area contributed by atoms with Gasteiger partial charge < -0.3 is 24.0 Å². The molecule has 0 saturated carbocycles. The van der Waals surface area contributed by atoms with Crippen molar-refractivity contribution >= 4 is 17.5 Å². The van der Waals surface area contributed by atoms with Crippen LogP contribution in [-0.4, -0.2) is 61.7 Å². The maximum absolute atomic E-state index is 14.0. The van der Waals surface area contributed by atoms with Gasteiger partial charge in [0.2, 0.25) is 18.6 Å². The lowest BCUT2D eigenvalue weighted by molar-refractivity contribution is -0.140. The number of anilines is 1. The minimum Gasteiger partial charge on any atom is -0.497 e. The topological polar surface area (TPSA) is 71.6 Å². The van der Waals surface area contributed by atoms with Crippen LogP contribution in [0.15, 0.2) is 66.7 Å². The second kappa shape index (κ2) is 11.2. The molecule has 0 radical (unpaired) electrons. The molecule has 0 bridgehead atoms. The second-order valence-corrected chi connectivity index (χ2v) is 10.4. The van der Waals surface area contributed by atoms with Crippen LogP contribution < -0.4 is 19.1 Å². The van der Waals surface area contributed by atoms with Crippen molar-refractivity contribution in [2.45, 2.75) is 25.4 Å². The lowest BCUT2D eigenvalue weighted by atomic mass is 9.82. The van der Waals surface area contributed by atoms with Crippen molar-refractivity contribution in [3.05, 3.63) is 83.7 Å². The van der Waals surface area contributed by atoms with Crippen LogP contribution in [0.1, 0.15) is 30.0 Å². The number of fused-ring (bicyclic) bond motifs is 1. The fourth-order valence-electron chi connectivity index (χ4n) is 5.90. The van der Waals surface area contributed by atoms with Crippen molar-refractivity contribution in [1.82, 2.24) is 9.80 Å². The number of carbonyl (C=O) groups excluding carboxylic acids is 2. The van der Waals surface area contributed by atoms with Gasteiger partial charge in [0.25, 0.3) is 0 Å². The summed E-state index contributed by atoms with van der Waals surface area (Å²) in [6.07, 6.45) is 0.716. The van der Waals surface area contributed by atoms with Gasteiger partial charge in [0.05, 0.1) is 19.1 Å². The van der Waals surface area contributed by atoms with E-state index in [9.17, 15) is 14.0 Å². The molecule has 3 aliphatic heterocycles. The number of methoxy groups -OCH3 is 1. The molecule has 3 aromatic rings. The number of hydrogen-bond donors (Lipinski definition) is 0. The van der Waals surface area contributed by atoms with Crippen LogP contribution in [0.2, 0.25) is 0 Å². The largest absolute Gasteiger partial charge is 0.497 e. The molecule has 0 spiro atoms. The molecule has 8 nitrogen and oxygen atoms in total. The molecule has 3 aromatic carbocycles. The quantitative estimate of drug-likeness (QED) is 0.458. The van der Waals surface area contributed by atoms with Crippen LogP contribution in [0.3, 0.4) is 0 Å². The van der Waals surface area contributed by atoms with Crippen LogP contribution in [0.25, 0.3) is 0 Å². The Bertz CT molecular complexity index is 1370. The zero-order valence-electron chi connectivity index (χ0n) is 22.4. The molecule has 2 unspecified atom stereocenters. The number of benzene rings is 3. The van der Waals surface area contributed by atoms with Crippen LogP contribution in [0, 0.1) is 11.7 Å². The van der Waals surface area contributed by atoms with Crippen molar-refractivity contribution in [2.75, 3.05) is 45.0 Å². The number of hydrogen-bond acceptors (Lipinski definition) is 6. The maximum atomic E-state index is 14.0. The van der Waals surface area contributed by atoms with Gasteiger partial charge in [-0.15, -0.1) is 0 Å². The average molecular weight is 546 g/mol. The minimum absolute atomic E-state index is 0.0306. The molecule has 6 rings (SSSR count). The van der Waals surface area contributed by atoms with Gasteiger partial charge >= 0.3 is 0 Å². The zero-order valence-corrected chi connectivity index (χ0v) is 22.4. The standard InChI is InChI=1S/C31H32FN3O5/c1-38-25-9-7-24(8-10-25)35-29(36)13-11-26(30(35)22-3-5-23(32)6-4-22)31(37)34-16-14-33(15-17-34)19-21-2-12-27-28(18-21)40-20-39-27/h2-10,12,18,26,30H,11,13-17,19-20H2,1H3. The van der Waals surface area contributed by atoms with Crippen LogP contribution in [-0.2, 0) is 16.1 Å².